The molecule has 0 amide bonds. The van der Waals surface area contributed by atoms with Crippen molar-refractivity contribution in [3.05, 3.63) is 75.8 Å². The van der Waals surface area contributed by atoms with Crippen molar-refractivity contribution in [3.8, 4) is 0 Å². The van der Waals surface area contributed by atoms with Crippen LogP contribution in [0.15, 0.2) is 67.8 Å². The summed E-state index contributed by atoms with van der Waals surface area (Å²) in [6, 6.07) is 10.9. The Hall–Kier alpha value is -2.54. The second-order valence-electron chi connectivity index (χ2n) is 8.20. The fourth-order valence-electron chi connectivity index (χ4n) is 4.55. The van der Waals surface area contributed by atoms with Crippen LogP contribution < -0.4 is 10.3 Å². The molecule has 4 heterocycles. The predicted molar refractivity (Wildman–Crippen MR) is 122 cm³/mol. The molecule has 5 rings (SSSR count). The summed E-state index contributed by atoms with van der Waals surface area (Å²) in [6.45, 7) is 0.836. The van der Waals surface area contributed by atoms with Gasteiger partial charge in [0.25, 0.3) is 25.6 Å². The smallest absolute Gasteiger partial charge is 0.275 e. The van der Waals surface area contributed by atoms with E-state index in [0.29, 0.717) is 16.4 Å². The minimum Gasteiger partial charge on any atom is -0.310 e. The normalized spacial score (nSPS) is 20.9. The Balaban J connectivity index is 1.44. The average Bonchev–Trinajstić information content (AvgIpc) is 3.32. The summed E-state index contributed by atoms with van der Waals surface area (Å²) in [5.74, 6) is -0.942. The van der Waals surface area contributed by atoms with E-state index >= 15 is 0 Å². The molecular formula is C21H20FN3O5S3. The fraction of sp³-hybridized carbons (Fsp3) is 0.286. The summed E-state index contributed by atoms with van der Waals surface area (Å²) >= 11 is 1.17. The van der Waals surface area contributed by atoms with Crippen molar-refractivity contribution in [2.75, 3.05) is 17.8 Å². The van der Waals surface area contributed by atoms with E-state index < -0.39 is 31.4 Å². The highest BCUT2D eigenvalue weighted by atomic mass is 32.2. The van der Waals surface area contributed by atoms with Crippen LogP contribution in [-0.2, 0) is 26.6 Å². The third-order valence-corrected chi connectivity index (χ3v) is 10.6. The number of sulfonamides is 2. The molecule has 2 aromatic heterocycles. The molecular weight excluding hydrogens is 489 g/mol. The highest BCUT2D eigenvalue weighted by Crippen LogP contribution is 2.38. The molecule has 2 aliphatic heterocycles. The van der Waals surface area contributed by atoms with Crippen LogP contribution in [0.5, 0.6) is 0 Å². The number of rotatable bonds is 5. The van der Waals surface area contributed by atoms with E-state index in [4.69, 9.17) is 0 Å². The number of anilines is 1. The molecule has 8 nitrogen and oxygen atoms in total. The van der Waals surface area contributed by atoms with Crippen LogP contribution in [-0.4, -0.2) is 38.8 Å². The van der Waals surface area contributed by atoms with Crippen molar-refractivity contribution in [2.45, 2.75) is 28.0 Å². The number of piperidine rings is 1. The largest absolute Gasteiger partial charge is 0.310 e. The topological polar surface area (TPSA) is 106 Å². The van der Waals surface area contributed by atoms with Crippen LogP contribution in [0.25, 0.3) is 0 Å². The van der Waals surface area contributed by atoms with E-state index in [9.17, 15) is 26.0 Å². The monoisotopic (exact) mass is 509 g/mol. The number of benzene rings is 1. The summed E-state index contributed by atoms with van der Waals surface area (Å²) in [4.78, 5) is 12.8. The van der Waals surface area contributed by atoms with Crippen molar-refractivity contribution in [1.82, 2.24) is 8.87 Å². The number of thiophene rings is 1. The number of hydrogen-bond acceptors (Lipinski definition) is 6. The summed E-state index contributed by atoms with van der Waals surface area (Å²) in [7, 11) is -7.74. The predicted octanol–water partition coefficient (Wildman–Crippen LogP) is 2.66. The van der Waals surface area contributed by atoms with E-state index in [2.05, 4.69) is 4.72 Å². The number of pyridine rings is 1. The van der Waals surface area contributed by atoms with Gasteiger partial charge < -0.3 is 4.57 Å². The van der Waals surface area contributed by atoms with E-state index in [0.717, 1.165) is 18.6 Å². The van der Waals surface area contributed by atoms with Gasteiger partial charge in [-0.1, -0.05) is 12.1 Å². The molecule has 2 aliphatic rings. The van der Waals surface area contributed by atoms with Gasteiger partial charge in [-0.05, 0) is 54.1 Å². The Morgan fingerprint density at radius 1 is 1.00 bits per heavy atom. The molecule has 0 saturated carbocycles. The fourth-order valence-corrected chi connectivity index (χ4v) is 8.35. The minimum atomic E-state index is -4.15. The molecule has 1 aromatic carbocycles. The molecule has 0 spiro atoms. The number of aromatic nitrogens is 1. The van der Waals surface area contributed by atoms with Crippen molar-refractivity contribution in [3.63, 3.8) is 0 Å². The SMILES string of the molecule is O=c1c(NS(=O)(=O)c2cccc(F)c2)ccc2n1CC1CC2CN(S(=O)(=O)c2cccs2)C1. The second-order valence-corrected chi connectivity index (χ2v) is 13.0. The zero-order valence-corrected chi connectivity index (χ0v) is 19.7. The number of nitrogens with one attached hydrogen (secondary N) is 1. The van der Waals surface area contributed by atoms with E-state index in [-0.39, 0.29) is 35.5 Å². The van der Waals surface area contributed by atoms with Gasteiger partial charge in [0.05, 0.1) is 4.90 Å². The molecule has 2 unspecified atom stereocenters. The first-order chi connectivity index (χ1) is 15.6. The van der Waals surface area contributed by atoms with Gasteiger partial charge in [0, 0.05) is 31.2 Å². The Morgan fingerprint density at radius 2 is 1.82 bits per heavy atom. The van der Waals surface area contributed by atoms with Crippen LogP contribution in [0, 0.1) is 11.7 Å². The first kappa shape index (κ1) is 22.3. The first-order valence-corrected chi connectivity index (χ1v) is 14.0. The van der Waals surface area contributed by atoms with Crippen molar-refractivity contribution >= 4 is 37.1 Å². The highest BCUT2D eigenvalue weighted by Gasteiger charge is 2.40. The number of halogens is 1. The van der Waals surface area contributed by atoms with Gasteiger partial charge in [-0.2, -0.15) is 4.31 Å². The van der Waals surface area contributed by atoms with Crippen molar-refractivity contribution in [2.24, 2.45) is 5.92 Å². The Morgan fingerprint density at radius 3 is 2.55 bits per heavy atom. The number of hydrogen-bond donors (Lipinski definition) is 1. The molecule has 1 N–H and O–H groups in total. The maximum Gasteiger partial charge on any atom is 0.275 e. The Labute approximate surface area is 194 Å². The Kier molecular flexibility index (Phi) is 5.43. The van der Waals surface area contributed by atoms with Gasteiger partial charge >= 0.3 is 0 Å². The number of fused-ring (bicyclic) bond motifs is 4. The van der Waals surface area contributed by atoms with Crippen LogP contribution in [0.2, 0.25) is 0 Å². The Bertz CT molecular complexity index is 1480. The highest BCUT2D eigenvalue weighted by molar-refractivity contribution is 7.92. The molecule has 2 bridgehead atoms. The molecule has 1 saturated heterocycles. The zero-order valence-electron chi connectivity index (χ0n) is 17.2. The molecule has 33 heavy (non-hydrogen) atoms. The molecule has 3 aromatic rings. The summed E-state index contributed by atoms with van der Waals surface area (Å²) < 4.78 is 70.3. The molecule has 2 atom stereocenters. The zero-order chi connectivity index (χ0) is 23.4. The van der Waals surface area contributed by atoms with Crippen molar-refractivity contribution in [1.29, 1.82) is 0 Å². The van der Waals surface area contributed by atoms with Crippen LogP contribution in [0.1, 0.15) is 18.0 Å². The van der Waals surface area contributed by atoms with Gasteiger partial charge in [-0.3, -0.25) is 9.52 Å². The van der Waals surface area contributed by atoms with Crippen LogP contribution in [0.4, 0.5) is 10.1 Å². The quantitative estimate of drug-likeness (QED) is 0.569. The van der Waals surface area contributed by atoms with Crippen molar-refractivity contribution < 1.29 is 21.2 Å². The molecule has 0 radical (unpaired) electrons. The average molecular weight is 510 g/mol. The summed E-state index contributed by atoms with van der Waals surface area (Å²) in [6.07, 6.45) is 0.754. The minimum absolute atomic E-state index is 0.0706. The van der Waals surface area contributed by atoms with Gasteiger partial charge in [0.1, 0.15) is 15.7 Å². The lowest BCUT2D eigenvalue weighted by Crippen LogP contribution is -2.49. The van der Waals surface area contributed by atoms with Gasteiger partial charge in [-0.25, -0.2) is 21.2 Å². The van der Waals surface area contributed by atoms with E-state index in [1.54, 1.807) is 23.6 Å². The van der Waals surface area contributed by atoms with Gasteiger partial charge in [0.2, 0.25) is 0 Å². The second kappa shape index (κ2) is 8.05. The van der Waals surface area contributed by atoms with E-state index in [1.165, 1.54) is 38.4 Å². The number of nitrogens with zero attached hydrogens (tertiary/aromatic N) is 2. The first-order valence-electron chi connectivity index (χ1n) is 10.2. The van der Waals surface area contributed by atoms with E-state index in [1.807, 2.05) is 0 Å². The lowest BCUT2D eigenvalue weighted by atomic mass is 9.84. The summed E-state index contributed by atoms with van der Waals surface area (Å²) in [5, 5.41) is 1.72. The van der Waals surface area contributed by atoms with Crippen LogP contribution in [0.3, 0.4) is 0 Å². The lowest BCUT2D eigenvalue weighted by molar-refractivity contribution is 0.186. The third kappa shape index (κ3) is 4.01. The maximum atomic E-state index is 13.5. The third-order valence-electron chi connectivity index (χ3n) is 6.01. The molecule has 174 valence electrons. The summed E-state index contributed by atoms with van der Waals surface area (Å²) in [5.41, 5.74) is 0.0406. The van der Waals surface area contributed by atoms with Crippen LogP contribution >= 0.6 is 11.3 Å². The molecule has 1 fully saturated rings. The van der Waals surface area contributed by atoms with Gasteiger partial charge in [-0.15, -0.1) is 11.3 Å². The van der Waals surface area contributed by atoms with Gasteiger partial charge in [0.15, 0.2) is 0 Å². The maximum absolute atomic E-state index is 13.5. The molecule has 0 aliphatic carbocycles. The standard InChI is InChI=1S/C21H20FN3O5S3/c22-16-3-1-4-17(10-16)32(27,28)23-18-6-7-19-15-9-14(12-25(19)21(18)26)11-24(13-15)33(29,30)20-5-2-8-31-20/h1-8,10,14-15,23H,9,11-13H2. The molecule has 12 heteroatoms. The lowest BCUT2D eigenvalue weighted by Gasteiger charge is -2.42.